The van der Waals surface area contributed by atoms with Crippen LogP contribution >= 0.6 is 0 Å². The average Bonchev–Trinajstić information content (AvgIpc) is 3.43. The van der Waals surface area contributed by atoms with Gasteiger partial charge in [-0.15, -0.1) is 0 Å². The van der Waals surface area contributed by atoms with Crippen molar-refractivity contribution in [2.75, 3.05) is 11.9 Å². The Balaban J connectivity index is 1.30. The number of anilines is 1. The first-order valence-electron chi connectivity index (χ1n) is 9.77. The van der Waals surface area contributed by atoms with Crippen molar-refractivity contribution in [2.45, 2.75) is 18.9 Å². The van der Waals surface area contributed by atoms with E-state index in [-0.39, 0.29) is 0 Å². The largest absolute Gasteiger partial charge is 0.477 e. The molecule has 5 rings (SSSR count). The number of hydrogen-bond acceptors (Lipinski definition) is 6. The second kappa shape index (κ2) is 7.50. The van der Waals surface area contributed by atoms with Gasteiger partial charge in [0.25, 0.3) is 0 Å². The highest BCUT2D eigenvalue weighted by Crippen LogP contribution is 2.46. The van der Waals surface area contributed by atoms with Gasteiger partial charge in [0.15, 0.2) is 0 Å². The monoisotopic (exact) mass is 386 g/mol. The first kappa shape index (κ1) is 17.6. The molecule has 0 bridgehead atoms. The van der Waals surface area contributed by atoms with Gasteiger partial charge in [0, 0.05) is 61.3 Å². The van der Waals surface area contributed by atoms with Gasteiger partial charge in [-0.05, 0) is 30.7 Å². The zero-order chi connectivity index (χ0) is 19.6. The molecule has 1 N–H and O–H groups in total. The molecule has 4 aromatic heterocycles. The molecule has 146 valence electrons. The number of rotatable bonds is 7. The Morgan fingerprint density at radius 2 is 2.10 bits per heavy atom. The van der Waals surface area contributed by atoms with Gasteiger partial charge in [0.05, 0.1) is 24.0 Å². The van der Waals surface area contributed by atoms with E-state index in [0.29, 0.717) is 30.9 Å². The van der Waals surface area contributed by atoms with E-state index in [1.165, 1.54) is 0 Å². The van der Waals surface area contributed by atoms with Crippen molar-refractivity contribution in [3.8, 4) is 5.88 Å². The third-order valence-corrected chi connectivity index (χ3v) is 5.22. The lowest BCUT2D eigenvalue weighted by Crippen LogP contribution is -2.05. The molecule has 7 heteroatoms. The van der Waals surface area contributed by atoms with E-state index in [1.807, 2.05) is 56.0 Å². The maximum absolute atomic E-state index is 6.06. The van der Waals surface area contributed by atoms with Crippen molar-refractivity contribution < 1.29 is 4.74 Å². The van der Waals surface area contributed by atoms with Crippen LogP contribution in [0.3, 0.4) is 0 Å². The van der Waals surface area contributed by atoms with Crippen LogP contribution in [0.2, 0.25) is 0 Å². The first-order chi connectivity index (χ1) is 14.3. The van der Waals surface area contributed by atoms with Crippen LogP contribution in [-0.4, -0.2) is 31.3 Å². The molecule has 0 saturated heterocycles. The normalized spacial score (nSPS) is 18.0. The summed E-state index contributed by atoms with van der Waals surface area (Å²) in [6.45, 7) is 1.30. The van der Waals surface area contributed by atoms with Crippen LogP contribution in [0.1, 0.15) is 23.6 Å². The number of aromatic nitrogens is 5. The topological polar surface area (TPSA) is 77.8 Å². The summed E-state index contributed by atoms with van der Waals surface area (Å²) in [5.41, 5.74) is 4.81. The molecule has 2 atom stereocenters. The number of hydrogen-bond donors (Lipinski definition) is 1. The van der Waals surface area contributed by atoms with E-state index in [2.05, 4.69) is 31.4 Å². The van der Waals surface area contributed by atoms with Gasteiger partial charge in [-0.1, -0.05) is 6.07 Å². The molecule has 0 aliphatic heterocycles. The van der Waals surface area contributed by atoms with Crippen LogP contribution in [0, 0.1) is 5.92 Å². The molecular weight excluding hydrogens is 364 g/mol. The molecule has 0 aromatic carbocycles. The standard InChI is InChI=1S/C22H22N6O/c1-28-13-15(12-26-28)11-25-20-10-21(27-19-6-4-8-24-22(19)20)29-14-16-9-17(16)18-5-2-3-7-23-18/h2-8,10,12-13,16-17H,9,11,14H2,1H3,(H,25,27)/t16-,17+/m1/s1. The molecule has 4 aromatic rings. The fourth-order valence-electron chi connectivity index (χ4n) is 3.59. The molecule has 29 heavy (non-hydrogen) atoms. The second-order valence-electron chi connectivity index (χ2n) is 7.42. The van der Waals surface area contributed by atoms with Gasteiger partial charge in [0.1, 0.15) is 5.52 Å². The summed E-state index contributed by atoms with van der Waals surface area (Å²) in [5.74, 6) is 1.59. The Kier molecular flexibility index (Phi) is 4.56. The van der Waals surface area contributed by atoms with Crippen LogP contribution in [-0.2, 0) is 13.6 Å². The Bertz CT molecular complexity index is 1130. The van der Waals surface area contributed by atoms with Crippen molar-refractivity contribution in [1.29, 1.82) is 0 Å². The highest BCUT2D eigenvalue weighted by Gasteiger charge is 2.39. The summed E-state index contributed by atoms with van der Waals surface area (Å²) in [5, 5.41) is 7.67. The highest BCUT2D eigenvalue weighted by molar-refractivity contribution is 5.88. The zero-order valence-corrected chi connectivity index (χ0v) is 16.2. The van der Waals surface area contributed by atoms with Crippen molar-refractivity contribution in [2.24, 2.45) is 13.0 Å². The highest BCUT2D eigenvalue weighted by atomic mass is 16.5. The molecule has 1 fully saturated rings. The lowest BCUT2D eigenvalue weighted by Gasteiger charge is -2.11. The van der Waals surface area contributed by atoms with E-state index in [0.717, 1.165) is 34.4 Å². The fourth-order valence-corrected chi connectivity index (χ4v) is 3.59. The predicted octanol–water partition coefficient (Wildman–Crippen LogP) is 3.55. The smallest absolute Gasteiger partial charge is 0.216 e. The Morgan fingerprint density at radius 1 is 1.17 bits per heavy atom. The minimum Gasteiger partial charge on any atom is -0.477 e. The quantitative estimate of drug-likeness (QED) is 0.523. The van der Waals surface area contributed by atoms with Gasteiger partial charge in [-0.25, -0.2) is 4.98 Å². The SMILES string of the molecule is Cn1cc(CNc2cc(OC[C@H]3C[C@@H]3c3ccccn3)nc3cccnc23)cn1. The molecule has 1 saturated carbocycles. The van der Waals surface area contributed by atoms with Crippen molar-refractivity contribution in [3.05, 3.63) is 72.4 Å². The van der Waals surface area contributed by atoms with Gasteiger partial charge < -0.3 is 10.1 Å². The average molecular weight is 386 g/mol. The minimum absolute atomic E-state index is 0.487. The van der Waals surface area contributed by atoms with Crippen molar-refractivity contribution >= 4 is 16.7 Å². The summed E-state index contributed by atoms with van der Waals surface area (Å²) in [4.78, 5) is 13.6. The zero-order valence-electron chi connectivity index (χ0n) is 16.2. The van der Waals surface area contributed by atoms with Crippen molar-refractivity contribution in [1.82, 2.24) is 24.7 Å². The third-order valence-electron chi connectivity index (χ3n) is 5.22. The lowest BCUT2D eigenvalue weighted by molar-refractivity contribution is 0.286. The van der Waals surface area contributed by atoms with Crippen LogP contribution in [0.25, 0.3) is 11.0 Å². The summed E-state index contributed by atoms with van der Waals surface area (Å²) in [7, 11) is 1.91. The van der Waals surface area contributed by atoms with Crippen LogP contribution < -0.4 is 10.1 Å². The number of fused-ring (bicyclic) bond motifs is 1. The van der Waals surface area contributed by atoms with Gasteiger partial charge in [-0.2, -0.15) is 5.10 Å². The summed E-state index contributed by atoms with van der Waals surface area (Å²) in [6, 6.07) is 11.9. The lowest BCUT2D eigenvalue weighted by atomic mass is 10.2. The van der Waals surface area contributed by atoms with E-state index in [1.54, 1.807) is 10.9 Å². The van der Waals surface area contributed by atoms with Gasteiger partial charge in [0.2, 0.25) is 5.88 Å². The molecule has 1 aliphatic rings. The van der Waals surface area contributed by atoms with Gasteiger partial charge >= 0.3 is 0 Å². The van der Waals surface area contributed by atoms with E-state index in [9.17, 15) is 0 Å². The maximum Gasteiger partial charge on any atom is 0.216 e. The Hall–Kier alpha value is -3.48. The number of aryl methyl sites for hydroxylation is 1. The summed E-state index contributed by atoms with van der Waals surface area (Å²) < 4.78 is 7.86. The molecule has 4 heterocycles. The van der Waals surface area contributed by atoms with Gasteiger partial charge in [-0.3, -0.25) is 14.6 Å². The van der Waals surface area contributed by atoms with E-state index in [4.69, 9.17) is 4.74 Å². The summed E-state index contributed by atoms with van der Waals surface area (Å²) >= 11 is 0. The van der Waals surface area contributed by atoms with Crippen LogP contribution in [0.4, 0.5) is 5.69 Å². The molecule has 7 nitrogen and oxygen atoms in total. The molecule has 0 radical (unpaired) electrons. The molecule has 1 aliphatic carbocycles. The number of nitrogens with one attached hydrogen (secondary N) is 1. The number of nitrogens with zero attached hydrogens (tertiary/aromatic N) is 5. The van der Waals surface area contributed by atoms with Crippen LogP contribution in [0.15, 0.2) is 61.2 Å². The summed E-state index contributed by atoms with van der Waals surface area (Å²) in [6.07, 6.45) is 8.58. The number of pyridine rings is 3. The van der Waals surface area contributed by atoms with Crippen LogP contribution in [0.5, 0.6) is 5.88 Å². The van der Waals surface area contributed by atoms with Crippen molar-refractivity contribution in [3.63, 3.8) is 0 Å². The first-order valence-corrected chi connectivity index (χ1v) is 9.77. The Morgan fingerprint density at radius 3 is 2.93 bits per heavy atom. The predicted molar refractivity (Wildman–Crippen MR) is 111 cm³/mol. The molecule has 0 spiro atoms. The number of ether oxygens (including phenoxy) is 1. The van der Waals surface area contributed by atoms with E-state index < -0.39 is 0 Å². The second-order valence-corrected chi connectivity index (χ2v) is 7.42. The maximum atomic E-state index is 6.06. The molecular formula is C22H22N6O. The molecule has 0 amide bonds. The molecule has 0 unspecified atom stereocenters. The minimum atomic E-state index is 0.487. The fraction of sp³-hybridized carbons (Fsp3) is 0.273. The Labute approximate surface area is 168 Å². The van der Waals surface area contributed by atoms with E-state index >= 15 is 0 Å². The third kappa shape index (κ3) is 3.89.